The predicted molar refractivity (Wildman–Crippen MR) is 333 cm³/mol. The van der Waals surface area contributed by atoms with Crippen molar-refractivity contribution in [3.8, 4) is 11.1 Å². The Morgan fingerprint density at radius 2 is 0.568 bits per heavy atom. The third-order valence-corrected chi connectivity index (χ3v) is 14.5. The van der Waals surface area contributed by atoms with E-state index in [1.165, 1.54) is 92.7 Å². The second-order valence-electron chi connectivity index (χ2n) is 24.9. The predicted octanol–water partition coefficient (Wildman–Crippen LogP) is 21.4. The van der Waals surface area contributed by atoms with Crippen LogP contribution in [0, 0.1) is 0 Å². The van der Waals surface area contributed by atoms with Gasteiger partial charge in [-0.05, 0) is 183 Å². The van der Waals surface area contributed by atoms with E-state index in [1.54, 1.807) is 0 Å². The number of aliphatic imine (C=N–C) groups is 2. The van der Waals surface area contributed by atoms with Crippen molar-refractivity contribution in [1.82, 2.24) is 9.80 Å². The summed E-state index contributed by atoms with van der Waals surface area (Å²) in [7, 11) is 0. The lowest BCUT2D eigenvalue weighted by Gasteiger charge is -2.36. The molecule has 0 atom stereocenters. The summed E-state index contributed by atoms with van der Waals surface area (Å²) >= 11 is 0. The first-order valence-electron chi connectivity index (χ1n) is 29.5. The Labute approximate surface area is 456 Å². The molecule has 2 N–H and O–H groups in total. The molecule has 0 radical (unpaired) electrons. The van der Waals surface area contributed by atoms with Crippen LogP contribution in [0.15, 0.2) is 70.6 Å². The molecule has 6 heteroatoms. The molecular formula is C68H110N6. The minimum absolute atomic E-state index is 0.232. The number of rotatable bonds is 20. The maximum atomic E-state index is 5.83. The van der Waals surface area contributed by atoms with E-state index in [-0.39, 0.29) is 47.8 Å². The van der Waals surface area contributed by atoms with Gasteiger partial charge in [0.15, 0.2) is 0 Å². The molecule has 4 aromatic carbocycles. The Hall–Kier alpha value is -4.58. The van der Waals surface area contributed by atoms with Crippen LogP contribution < -0.4 is 10.6 Å². The summed E-state index contributed by atoms with van der Waals surface area (Å²) in [6.45, 7) is 59.7. The minimum Gasteiger partial charge on any atom is -0.338 e. The molecule has 0 bridgehead atoms. The molecule has 6 nitrogen and oxygen atoms in total. The molecule has 74 heavy (non-hydrogen) atoms. The quantitative estimate of drug-likeness (QED) is 0.0526. The van der Waals surface area contributed by atoms with Gasteiger partial charge in [0, 0.05) is 35.5 Å². The molecule has 0 aliphatic carbocycles. The first-order valence-corrected chi connectivity index (χ1v) is 29.5. The summed E-state index contributed by atoms with van der Waals surface area (Å²) < 4.78 is 0. The number of unbranched alkanes of at least 4 members (excludes halogenated alkanes) is 3. The van der Waals surface area contributed by atoms with Gasteiger partial charge in [-0.3, -0.25) is 0 Å². The number of benzene rings is 4. The lowest BCUT2D eigenvalue weighted by Crippen LogP contribution is -2.46. The molecule has 0 aliphatic rings. The van der Waals surface area contributed by atoms with Crippen LogP contribution in [0.5, 0.6) is 0 Å². The SMILES string of the molecule is CC(C)c1cc(-c2cc(C(C)C)c(N=C(Nc3c(C(C)C)cccc3C(C)C)N(C(C)C)C(C)C)c(C(C)C)c2)cc(C(C)C)c1N=C(Nc1c(C(C)C)cccc1C(C)C)N(C(C)C)C(C)C.CCCCCC. The van der Waals surface area contributed by atoms with E-state index in [4.69, 9.17) is 9.98 Å². The number of nitrogens with one attached hydrogen (secondary N) is 2. The van der Waals surface area contributed by atoms with Gasteiger partial charge in [-0.25, -0.2) is 9.98 Å². The van der Waals surface area contributed by atoms with Crippen LogP contribution in [-0.2, 0) is 0 Å². The van der Waals surface area contributed by atoms with Gasteiger partial charge in [-0.15, -0.1) is 0 Å². The highest BCUT2D eigenvalue weighted by atomic mass is 15.3. The normalized spacial score (nSPS) is 12.7. The molecule has 0 aliphatic heterocycles. The molecular weight excluding hydrogens is 901 g/mol. The average molecular weight is 1010 g/mol. The molecule has 0 saturated heterocycles. The van der Waals surface area contributed by atoms with E-state index in [2.05, 4.69) is 261 Å². The second kappa shape index (κ2) is 29.1. The summed E-state index contributed by atoms with van der Waals surface area (Å²) in [5.41, 5.74) is 17.3. The Kier molecular flexibility index (Phi) is 25.0. The van der Waals surface area contributed by atoms with E-state index in [0.717, 1.165) is 23.3 Å². The molecule has 0 heterocycles. The molecule has 0 spiro atoms. The zero-order valence-corrected chi connectivity index (χ0v) is 52.3. The smallest absolute Gasteiger partial charge is 0.204 e. The van der Waals surface area contributed by atoms with Crippen molar-refractivity contribution in [2.24, 2.45) is 9.98 Å². The number of hydrogen-bond donors (Lipinski definition) is 2. The highest BCUT2D eigenvalue weighted by Crippen LogP contribution is 2.44. The van der Waals surface area contributed by atoms with Crippen molar-refractivity contribution in [1.29, 1.82) is 0 Å². The van der Waals surface area contributed by atoms with Crippen LogP contribution in [0.1, 0.15) is 298 Å². The van der Waals surface area contributed by atoms with E-state index >= 15 is 0 Å². The van der Waals surface area contributed by atoms with E-state index < -0.39 is 0 Å². The maximum absolute atomic E-state index is 5.83. The van der Waals surface area contributed by atoms with Gasteiger partial charge in [0.25, 0.3) is 0 Å². The lowest BCUT2D eigenvalue weighted by atomic mass is 9.85. The molecule has 0 unspecified atom stereocenters. The third-order valence-electron chi connectivity index (χ3n) is 14.5. The molecule has 4 aromatic rings. The lowest BCUT2D eigenvalue weighted by molar-refractivity contribution is 0.291. The van der Waals surface area contributed by atoms with Gasteiger partial charge in [-0.1, -0.05) is 187 Å². The molecule has 0 aromatic heterocycles. The third kappa shape index (κ3) is 16.5. The van der Waals surface area contributed by atoms with Gasteiger partial charge in [0.1, 0.15) is 0 Å². The topological polar surface area (TPSA) is 55.3 Å². The zero-order valence-electron chi connectivity index (χ0n) is 52.3. The summed E-state index contributed by atoms with van der Waals surface area (Å²) in [5, 5.41) is 8.08. The number of anilines is 2. The molecule has 412 valence electrons. The molecule has 4 rings (SSSR count). The van der Waals surface area contributed by atoms with Gasteiger partial charge >= 0.3 is 0 Å². The Balaban J connectivity index is 0.00000226. The van der Waals surface area contributed by atoms with Crippen molar-refractivity contribution in [3.05, 3.63) is 105 Å². The number of nitrogens with zero attached hydrogens (tertiary/aromatic N) is 4. The number of hydrogen-bond acceptors (Lipinski definition) is 2. The fraction of sp³-hybridized carbons (Fsp3) is 0.618. The largest absolute Gasteiger partial charge is 0.338 e. The van der Waals surface area contributed by atoms with Crippen molar-refractivity contribution in [3.63, 3.8) is 0 Å². The van der Waals surface area contributed by atoms with Crippen LogP contribution >= 0.6 is 0 Å². The van der Waals surface area contributed by atoms with Crippen molar-refractivity contribution >= 4 is 34.7 Å². The first kappa shape index (κ1) is 63.7. The van der Waals surface area contributed by atoms with Crippen LogP contribution in [0.4, 0.5) is 22.7 Å². The summed E-state index contributed by atoms with van der Waals surface area (Å²) in [6.07, 6.45) is 5.54. The van der Waals surface area contributed by atoms with Crippen LogP contribution in [0.2, 0.25) is 0 Å². The molecule has 0 amide bonds. The standard InChI is InChI=1S/C62H96N6.C6H14/c1-35(2)49-27-25-28-50(36(3)4)57(49)63-61(67(43(17)18)44(19)20)65-59-53(39(9)10)31-47(32-54(59)40(11)12)48-33-55(41(13)14)60(56(34-48)42(15)16)66-62(68(45(21)22)46(23)24)64-58-51(37(5)6)29-26-30-52(58)38(7)8;1-3-5-6-4-2/h25-46H,1-24H3,(H,63,65)(H,64,66);3-6H2,1-2H3. The van der Waals surface area contributed by atoms with E-state index in [9.17, 15) is 0 Å². The highest BCUT2D eigenvalue weighted by molar-refractivity contribution is 5.99. The number of para-hydroxylation sites is 2. The van der Waals surface area contributed by atoms with Gasteiger partial charge < -0.3 is 20.4 Å². The summed E-state index contributed by atoms with van der Waals surface area (Å²) in [5.74, 6) is 4.20. The fourth-order valence-electron chi connectivity index (χ4n) is 10.5. The van der Waals surface area contributed by atoms with E-state index in [0.29, 0.717) is 23.7 Å². The van der Waals surface area contributed by atoms with Crippen LogP contribution in [0.3, 0.4) is 0 Å². The van der Waals surface area contributed by atoms with Crippen molar-refractivity contribution in [2.75, 3.05) is 10.6 Å². The number of guanidine groups is 2. The molecule has 0 saturated carbocycles. The van der Waals surface area contributed by atoms with Crippen molar-refractivity contribution < 1.29 is 0 Å². The monoisotopic (exact) mass is 1010 g/mol. The van der Waals surface area contributed by atoms with Gasteiger partial charge in [0.05, 0.1) is 11.4 Å². The van der Waals surface area contributed by atoms with Gasteiger partial charge in [0.2, 0.25) is 11.9 Å². The van der Waals surface area contributed by atoms with Crippen LogP contribution in [-0.4, -0.2) is 45.9 Å². The maximum Gasteiger partial charge on any atom is 0.204 e. The van der Waals surface area contributed by atoms with Gasteiger partial charge in [-0.2, -0.15) is 0 Å². The Morgan fingerprint density at radius 1 is 0.351 bits per heavy atom. The summed E-state index contributed by atoms with van der Waals surface area (Å²) in [4.78, 5) is 16.6. The molecule has 0 fully saturated rings. The minimum atomic E-state index is 0.232. The highest BCUT2D eigenvalue weighted by Gasteiger charge is 2.28. The Bertz CT molecular complexity index is 2120. The first-order chi connectivity index (χ1) is 34.6. The summed E-state index contributed by atoms with van der Waals surface area (Å²) in [6, 6.07) is 24.3. The van der Waals surface area contributed by atoms with Crippen molar-refractivity contribution in [2.45, 2.75) is 277 Å². The fourth-order valence-corrected chi connectivity index (χ4v) is 10.5. The second-order valence-corrected chi connectivity index (χ2v) is 24.9. The van der Waals surface area contributed by atoms with Crippen LogP contribution in [0.25, 0.3) is 11.1 Å². The van der Waals surface area contributed by atoms with E-state index in [1.807, 2.05) is 0 Å². The zero-order chi connectivity index (χ0) is 56.0. The Morgan fingerprint density at radius 3 is 0.743 bits per heavy atom. The average Bonchev–Trinajstić information content (AvgIpc) is 3.29.